The van der Waals surface area contributed by atoms with Gasteiger partial charge in [-0.25, -0.2) is 0 Å². The predicted octanol–water partition coefficient (Wildman–Crippen LogP) is 3.44. The molecular formula is C19H24N2O2. The van der Waals surface area contributed by atoms with Crippen LogP contribution in [0.25, 0.3) is 0 Å². The number of likely N-dealkylation sites (tertiary alicyclic amines) is 1. The second kappa shape index (κ2) is 7.47. The summed E-state index contributed by atoms with van der Waals surface area (Å²) in [5.41, 5.74) is 2.45. The number of nitrogens with zero attached hydrogens (tertiary/aromatic N) is 2. The lowest BCUT2D eigenvalue weighted by atomic mass is 10.1. The number of aromatic nitrogens is 1. The fourth-order valence-electron chi connectivity index (χ4n) is 2.96. The minimum atomic E-state index is 0.301. The summed E-state index contributed by atoms with van der Waals surface area (Å²) >= 11 is 0. The second-order valence-electron chi connectivity index (χ2n) is 6.02. The number of hydrogen-bond acceptors (Lipinski definition) is 4. The van der Waals surface area contributed by atoms with E-state index < -0.39 is 0 Å². The third kappa shape index (κ3) is 4.23. The molecule has 3 rings (SSSR count). The minimum absolute atomic E-state index is 0.301. The Morgan fingerprint density at radius 3 is 2.43 bits per heavy atom. The third-order valence-electron chi connectivity index (χ3n) is 4.41. The molecule has 4 nitrogen and oxygen atoms in total. The Kier molecular flexibility index (Phi) is 5.13. The fourth-order valence-corrected chi connectivity index (χ4v) is 2.96. The molecule has 1 fully saturated rings. The van der Waals surface area contributed by atoms with Gasteiger partial charge < -0.3 is 9.47 Å². The molecule has 1 aliphatic rings. The lowest BCUT2D eigenvalue weighted by Gasteiger charge is -2.32. The van der Waals surface area contributed by atoms with Gasteiger partial charge in [0.2, 0.25) is 0 Å². The third-order valence-corrected chi connectivity index (χ3v) is 4.41. The van der Waals surface area contributed by atoms with Gasteiger partial charge in [0.05, 0.1) is 7.11 Å². The molecule has 0 spiro atoms. The van der Waals surface area contributed by atoms with Crippen molar-refractivity contribution in [2.75, 3.05) is 20.2 Å². The SMILES string of the molecule is COc1ccc(OC2CCN(Cc3cccnc3C)CC2)cc1. The molecule has 0 aliphatic carbocycles. The van der Waals surface area contributed by atoms with Gasteiger partial charge in [-0.3, -0.25) is 9.88 Å². The van der Waals surface area contributed by atoms with Gasteiger partial charge in [0.1, 0.15) is 17.6 Å². The van der Waals surface area contributed by atoms with Crippen LogP contribution in [0.5, 0.6) is 11.5 Å². The number of hydrogen-bond donors (Lipinski definition) is 0. The molecule has 2 heterocycles. The average molecular weight is 312 g/mol. The standard InChI is InChI=1S/C19H24N2O2/c1-15-16(4-3-11-20-15)14-21-12-9-19(10-13-21)23-18-7-5-17(22-2)6-8-18/h3-8,11,19H,9-10,12-14H2,1-2H3. The van der Waals surface area contributed by atoms with Crippen LogP contribution in [0, 0.1) is 6.92 Å². The monoisotopic (exact) mass is 312 g/mol. The van der Waals surface area contributed by atoms with Crippen LogP contribution in [0.4, 0.5) is 0 Å². The fraction of sp³-hybridized carbons (Fsp3) is 0.421. The highest BCUT2D eigenvalue weighted by Crippen LogP contribution is 2.22. The molecule has 0 bridgehead atoms. The van der Waals surface area contributed by atoms with E-state index in [2.05, 4.69) is 22.9 Å². The smallest absolute Gasteiger partial charge is 0.119 e. The Morgan fingerprint density at radius 1 is 1.09 bits per heavy atom. The maximum atomic E-state index is 6.08. The maximum absolute atomic E-state index is 6.08. The van der Waals surface area contributed by atoms with Gasteiger partial charge in [0.15, 0.2) is 0 Å². The van der Waals surface area contributed by atoms with E-state index in [9.17, 15) is 0 Å². The lowest BCUT2D eigenvalue weighted by molar-refractivity contribution is 0.0966. The molecule has 2 aromatic rings. The molecular weight excluding hydrogens is 288 g/mol. The van der Waals surface area contributed by atoms with Crippen molar-refractivity contribution < 1.29 is 9.47 Å². The van der Waals surface area contributed by atoms with Crippen molar-refractivity contribution in [3.8, 4) is 11.5 Å². The number of aryl methyl sites for hydroxylation is 1. The van der Waals surface area contributed by atoms with Crippen molar-refractivity contribution in [2.45, 2.75) is 32.4 Å². The summed E-state index contributed by atoms with van der Waals surface area (Å²) in [6, 6.07) is 12.0. The Labute approximate surface area is 138 Å². The van der Waals surface area contributed by atoms with Crippen molar-refractivity contribution in [1.82, 2.24) is 9.88 Å². The van der Waals surface area contributed by atoms with Crippen LogP contribution in [0.1, 0.15) is 24.1 Å². The van der Waals surface area contributed by atoms with Crippen LogP contribution < -0.4 is 9.47 Å². The summed E-state index contributed by atoms with van der Waals surface area (Å²) in [7, 11) is 1.68. The molecule has 1 aliphatic heterocycles. The molecule has 122 valence electrons. The van der Waals surface area contributed by atoms with Crippen molar-refractivity contribution in [3.63, 3.8) is 0 Å². The summed E-state index contributed by atoms with van der Waals surface area (Å²) in [5, 5.41) is 0. The molecule has 0 amide bonds. The van der Waals surface area contributed by atoms with Gasteiger partial charge in [-0.05, 0) is 55.7 Å². The number of piperidine rings is 1. The maximum Gasteiger partial charge on any atom is 0.119 e. The summed E-state index contributed by atoms with van der Waals surface area (Å²) in [6.45, 7) is 5.19. The summed E-state index contributed by atoms with van der Waals surface area (Å²) in [4.78, 5) is 6.85. The molecule has 0 unspecified atom stereocenters. The first kappa shape index (κ1) is 15.8. The highest BCUT2D eigenvalue weighted by molar-refractivity contribution is 5.31. The lowest BCUT2D eigenvalue weighted by Crippen LogP contribution is -2.37. The zero-order valence-electron chi connectivity index (χ0n) is 13.9. The number of methoxy groups -OCH3 is 1. The topological polar surface area (TPSA) is 34.6 Å². The molecule has 0 atom stereocenters. The first-order chi connectivity index (χ1) is 11.2. The summed E-state index contributed by atoms with van der Waals surface area (Å²) in [5.74, 6) is 1.78. The van der Waals surface area contributed by atoms with Crippen LogP contribution in [-0.2, 0) is 6.54 Å². The molecule has 1 aromatic carbocycles. The van der Waals surface area contributed by atoms with Gasteiger partial charge in [0.25, 0.3) is 0 Å². The number of ether oxygens (including phenoxy) is 2. The molecule has 23 heavy (non-hydrogen) atoms. The highest BCUT2D eigenvalue weighted by atomic mass is 16.5. The molecule has 0 radical (unpaired) electrons. The van der Waals surface area contributed by atoms with E-state index in [0.717, 1.165) is 49.7 Å². The summed E-state index contributed by atoms with van der Waals surface area (Å²) in [6.07, 6.45) is 4.28. The first-order valence-electron chi connectivity index (χ1n) is 8.18. The first-order valence-corrected chi connectivity index (χ1v) is 8.18. The van der Waals surface area contributed by atoms with E-state index >= 15 is 0 Å². The molecule has 0 saturated carbocycles. The second-order valence-corrected chi connectivity index (χ2v) is 6.02. The van der Waals surface area contributed by atoms with Crippen molar-refractivity contribution in [3.05, 3.63) is 53.9 Å². The molecule has 1 aromatic heterocycles. The Bertz CT molecular complexity index is 620. The Morgan fingerprint density at radius 2 is 1.78 bits per heavy atom. The highest BCUT2D eigenvalue weighted by Gasteiger charge is 2.21. The van der Waals surface area contributed by atoms with E-state index in [0.29, 0.717) is 6.10 Å². The van der Waals surface area contributed by atoms with Crippen LogP contribution in [0.3, 0.4) is 0 Å². The van der Waals surface area contributed by atoms with Gasteiger partial charge in [-0.1, -0.05) is 6.07 Å². The molecule has 1 saturated heterocycles. The van der Waals surface area contributed by atoms with E-state index in [1.165, 1.54) is 5.56 Å². The molecule has 4 heteroatoms. The van der Waals surface area contributed by atoms with Crippen LogP contribution >= 0.6 is 0 Å². The summed E-state index contributed by atoms with van der Waals surface area (Å²) < 4.78 is 11.3. The Hall–Kier alpha value is -2.07. The van der Waals surface area contributed by atoms with E-state index in [-0.39, 0.29) is 0 Å². The van der Waals surface area contributed by atoms with E-state index in [1.54, 1.807) is 7.11 Å². The van der Waals surface area contributed by atoms with Gasteiger partial charge in [-0.15, -0.1) is 0 Å². The van der Waals surface area contributed by atoms with Gasteiger partial charge >= 0.3 is 0 Å². The number of rotatable bonds is 5. The van der Waals surface area contributed by atoms with Crippen LogP contribution in [0.15, 0.2) is 42.6 Å². The largest absolute Gasteiger partial charge is 0.497 e. The van der Waals surface area contributed by atoms with Crippen molar-refractivity contribution in [2.24, 2.45) is 0 Å². The van der Waals surface area contributed by atoms with Gasteiger partial charge in [-0.2, -0.15) is 0 Å². The minimum Gasteiger partial charge on any atom is -0.497 e. The quantitative estimate of drug-likeness (QED) is 0.847. The molecule has 0 N–H and O–H groups in total. The van der Waals surface area contributed by atoms with Crippen LogP contribution in [-0.4, -0.2) is 36.2 Å². The predicted molar refractivity (Wildman–Crippen MR) is 90.9 cm³/mol. The number of benzene rings is 1. The van der Waals surface area contributed by atoms with E-state index in [4.69, 9.17) is 9.47 Å². The zero-order valence-corrected chi connectivity index (χ0v) is 13.9. The zero-order chi connectivity index (χ0) is 16.1. The van der Waals surface area contributed by atoms with Crippen LogP contribution in [0.2, 0.25) is 0 Å². The van der Waals surface area contributed by atoms with Crippen molar-refractivity contribution >= 4 is 0 Å². The van der Waals surface area contributed by atoms with Crippen molar-refractivity contribution in [1.29, 1.82) is 0 Å². The van der Waals surface area contributed by atoms with E-state index in [1.807, 2.05) is 36.5 Å². The average Bonchev–Trinajstić information content (AvgIpc) is 2.59. The Balaban J connectivity index is 1.49. The van der Waals surface area contributed by atoms with Gasteiger partial charge in [0, 0.05) is 31.5 Å². The number of pyridine rings is 1. The normalized spacial score (nSPS) is 16.3.